The number of benzene rings is 1. The number of hydrogen-bond donors (Lipinski definition) is 3. The molecular formula is C16H22N2O3. The van der Waals surface area contributed by atoms with Crippen LogP contribution in [0.1, 0.15) is 32.3 Å². The van der Waals surface area contributed by atoms with Crippen molar-refractivity contribution in [1.29, 1.82) is 0 Å². The fourth-order valence-electron chi connectivity index (χ4n) is 2.10. The normalized spacial score (nSPS) is 11.6. The van der Waals surface area contributed by atoms with Crippen LogP contribution in [0.15, 0.2) is 30.3 Å². The average Bonchev–Trinajstić information content (AvgIpc) is 2.48. The van der Waals surface area contributed by atoms with Crippen LogP contribution in [0.3, 0.4) is 0 Å². The number of carbonyl (C=O) groups excluding carboxylic acids is 1. The number of carboxylic acid groups (broad SMARTS) is 1. The maximum Gasteiger partial charge on any atom is 0.328 e. The van der Waals surface area contributed by atoms with E-state index in [0.717, 1.165) is 6.08 Å². The van der Waals surface area contributed by atoms with Crippen molar-refractivity contribution in [2.75, 3.05) is 11.9 Å². The Hall–Kier alpha value is -2.14. The SMILES string of the molecule is CCC(CC)(CN)C(=O)Nc1cccc(/C=C/C(=O)O)c1. The highest BCUT2D eigenvalue weighted by Gasteiger charge is 2.33. The Morgan fingerprint density at radius 3 is 2.52 bits per heavy atom. The van der Waals surface area contributed by atoms with Crippen LogP contribution in [-0.4, -0.2) is 23.5 Å². The maximum absolute atomic E-state index is 12.4. The van der Waals surface area contributed by atoms with E-state index in [1.807, 2.05) is 13.8 Å². The molecule has 0 aromatic heterocycles. The second-order valence-electron chi connectivity index (χ2n) is 4.94. The van der Waals surface area contributed by atoms with E-state index in [0.29, 0.717) is 30.6 Å². The molecular weight excluding hydrogens is 268 g/mol. The van der Waals surface area contributed by atoms with Crippen LogP contribution in [0.2, 0.25) is 0 Å². The number of nitrogens with one attached hydrogen (secondary N) is 1. The standard InChI is InChI=1S/C16H22N2O3/c1-3-16(4-2,11-17)15(21)18-13-7-5-6-12(10-13)8-9-14(19)20/h5-10H,3-4,11,17H2,1-2H3,(H,18,21)(H,19,20)/b9-8+. The molecule has 0 spiro atoms. The van der Waals surface area contributed by atoms with E-state index in [-0.39, 0.29) is 5.91 Å². The molecule has 1 aromatic rings. The van der Waals surface area contributed by atoms with Gasteiger partial charge in [0.25, 0.3) is 0 Å². The van der Waals surface area contributed by atoms with Gasteiger partial charge in [-0.05, 0) is 36.6 Å². The van der Waals surface area contributed by atoms with Crippen molar-refractivity contribution in [2.24, 2.45) is 11.1 Å². The second-order valence-corrected chi connectivity index (χ2v) is 4.94. The van der Waals surface area contributed by atoms with Crippen molar-refractivity contribution >= 4 is 23.6 Å². The van der Waals surface area contributed by atoms with Crippen molar-refractivity contribution in [3.05, 3.63) is 35.9 Å². The maximum atomic E-state index is 12.4. The zero-order valence-corrected chi connectivity index (χ0v) is 12.4. The number of carbonyl (C=O) groups is 2. The smallest absolute Gasteiger partial charge is 0.328 e. The van der Waals surface area contributed by atoms with Crippen molar-refractivity contribution in [3.8, 4) is 0 Å². The molecule has 1 aromatic carbocycles. The van der Waals surface area contributed by atoms with E-state index in [2.05, 4.69) is 5.32 Å². The average molecular weight is 290 g/mol. The zero-order valence-electron chi connectivity index (χ0n) is 12.4. The van der Waals surface area contributed by atoms with Gasteiger partial charge in [0.1, 0.15) is 0 Å². The van der Waals surface area contributed by atoms with Gasteiger partial charge in [0.15, 0.2) is 0 Å². The third-order valence-electron chi connectivity index (χ3n) is 3.79. The van der Waals surface area contributed by atoms with Gasteiger partial charge in [0, 0.05) is 18.3 Å². The Kier molecular flexibility index (Phi) is 6.11. The molecule has 0 saturated carbocycles. The number of aliphatic carboxylic acids is 1. The number of rotatable bonds is 7. The number of amides is 1. The van der Waals surface area contributed by atoms with Gasteiger partial charge in [0.05, 0.1) is 5.41 Å². The molecule has 0 unspecified atom stereocenters. The summed E-state index contributed by atoms with van der Waals surface area (Å²) in [5, 5.41) is 11.5. The first-order chi connectivity index (χ1) is 9.97. The summed E-state index contributed by atoms with van der Waals surface area (Å²) in [6, 6.07) is 7.02. The lowest BCUT2D eigenvalue weighted by Gasteiger charge is -2.28. The highest BCUT2D eigenvalue weighted by molar-refractivity contribution is 5.95. The highest BCUT2D eigenvalue weighted by atomic mass is 16.4. The summed E-state index contributed by atoms with van der Waals surface area (Å²) in [4.78, 5) is 22.9. The summed E-state index contributed by atoms with van der Waals surface area (Å²) in [6.45, 7) is 4.19. The number of anilines is 1. The quantitative estimate of drug-likeness (QED) is 0.673. The summed E-state index contributed by atoms with van der Waals surface area (Å²) >= 11 is 0. The lowest BCUT2D eigenvalue weighted by atomic mass is 9.81. The Morgan fingerprint density at radius 2 is 2.00 bits per heavy atom. The molecule has 0 aliphatic rings. The molecule has 0 aliphatic heterocycles. The lowest BCUT2D eigenvalue weighted by Crippen LogP contribution is -2.41. The third-order valence-corrected chi connectivity index (χ3v) is 3.79. The first-order valence-electron chi connectivity index (χ1n) is 7.00. The van der Waals surface area contributed by atoms with Crippen molar-refractivity contribution in [1.82, 2.24) is 0 Å². The predicted molar refractivity (Wildman–Crippen MR) is 83.8 cm³/mol. The van der Waals surface area contributed by atoms with E-state index in [4.69, 9.17) is 10.8 Å². The van der Waals surface area contributed by atoms with Gasteiger partial charge in [-0.3, -0.25) is 4.79 Å². The first kappa shape index (κ1) is 16.9. The van der Waals surface area contributed by atoms with E-state index in [1.54, 1.807) is 24.3 Å². The molecule has 5 nitrogen and oxygen atoms in total. The molecule has 0 bridgehead atoms. The van der Waals surface area contributed by atoms with E-state index in [1.165, 1.54) is 6.08 Å². The number of nitrogens with two attached hydrogens (primary N) is 1. The van der Waals surface area contributed by atoms with Gasteiger partial charge >= 0.3 is 5.97 Å². The van der Waals surface area contributed by atoms with Crippen LogP contribution in [0.5, 0.6) is 0 Å². The molecule has 0 atom stereocenters. The Bertz CT molecular complexity index is 526. The molecule has 0 fully saturated rings. The molecule has 4 N–H and O–H groups in total. The van der Waals surface area contributed by atoms with Crippen LogP contribution in [-0.2, 0) is 9.59 Å². The molecule has 0 aliphatic carbocycles. The summed E-state index contributed by atoms with van der Waals surface area (Å²) in [5.74, 6) is -1.11. The highest BCUT2D eigenvalue weighted by Crippen LogP contribution is 2.27. The van der Waals surface area contributed by atoms with Gasteiger partial charge in [-0.1, -0.05) is 26.0 Å². The molecule has 21 heavy (non-hydrogen) atoms. The molecule has 0 saturated heterocycles. The van der Waals surface area contributed by atoms with Crippen LogP contribution in [0.25, 0.3) is 6.08 Å². The summed E-state index contributed by atoms with van der Waals surface area (Å²) < 4.78 is 0. The molecule has 5 heteroatoms. The molecule has 0 radical (unpaired) electrons. The van der Waals surface area contributed by atoms with Crippen LogP contribution < -0.4 is 11.1 Å². The largest absolute Gasteiger partial charge is 0.478 e. The zero-order chi connectivity index (χ0) is 15.9. The minimum Gasteiger partial charge on any atom is -0.478 e. The van der Waals surface area contributed by atoms with Crippen molar-refractivity contribution in [2.45, 2.75) is 26.7 Å². The van der Waals surface area contributed by atoms with E-state index < -0.39 is 11.4 Å². The Morgan fingerprint density at radius 1 is 1.33 bits per heavy atom. The van der Waals surface area contributed by atoms with Crippen molar-refractivity contribution in [3.63, 3.8) is 0 Å². The first-order valence-corrected chi connectivity index (χ1v) is 7.00. The van der Waals surface area contributed by atoms with Crippen LogP contribution in [0, 0.1) is 5.41 Å². The minimum atomic E-state index is -1.01. The second kappa shape index (κ2) is 7.59. The number of hydrogen-bond acceptors (Lipinski definition) is 3. The minimum absolute atomic E-state index is 0.102. The molecule has 114 valence electrons. The van der Waals surface area contributed by atoms with Gasteiger partial charge < -0.3 is 16.2 Å². The van der Waals surface area contributed by atoms with E-state index >= 15 is 0 Å². The number of carboxylic acids is 1. The molecule has 0 heterocycles. The summed E-state index contributed by atoms with van der Waals surface area (Å²) in [7, 11) is 0. The van der Waals surface area contributed by atoms with Gasteiger partial charge in [-0.2, -0.15) is 0 Å². The van der Waals surface area contributed by atoms with E-state index in [9.17, 15) is 9.59 Å². The van der Waals surface area contributed by atoms with Crippen LogP contribution >= 0.6 is 0 Å². The predicted octanol–water partition coefficient (Wildman–Crippen LogP) is 2.49. The van der Waals surface area contributed by atoms with Gasteiger partial charge in [-0.15, -0.1) is 0 Å². The Balaban J connectivity index is 2.90. The van der Waals surface area contributed by atoms with Gasteiger partial charge in [0.2, 0.25) is 5.91 Å². The van der Waals surface area contributed by atoms with Crippen molar-refractivity contribution < 1.29 is 14.7 Å². The monoisotopic (exact) mass is 290 g/mol. The molecule has 1 rings (SSSR count). The van der Waals surface area contributed by atoms with Gasteiger partial charge in [-0.25, -0.2) is 4.79 Å². The fourth-order valence-corrected chi connectivity index (χ4v) is 2.10. The summed E-state index contributed by atoms with van der Waals surface area (Å²) in [5.41, 5.74) is 6.54. The Labute approximate surface area is 124 Å². The topological polar surface area (TPSA) is 92.4 Å². The summed E-state index contributed by atoms with van der Waals surface area (Å²) in [6.07, 6.45) is 3.88. The lowest BCUT2D eigenvalue weighted by molar-refractivity contribution is -0.131. The fraction of sp³-hybridized carbons (Fsp3) is 0.375. The molecule has 1 amide bonds. The third kappa shape index (κ3) is 4.43. The van der Waals surface area contributed by atoms with Crippen LogP contribution in [0.4, 0.5) is 5.69 Å².